The van der Waals surface area contributed by atoms with E-state index >= 15 is 0 Å². The Morgan fingerprint density at radius 2 is 1.04 bits per heavy atom. The Labute approximate surface area is 324 Å². The second-order valence-corrected chi connectivity index (χ2v) is 21.8. The fraction of sp³-hybridized carbons (Fsp3) is 0.429. The third-order valence-electron chi connectivity index (χ3n) is 12.5. The Hall–Kier alpha value is -3.76. The van der Waals surface area contributed by atoms with E-state index in [2.05, 4.69) is 197 Å². The maximum Gasteiger partial charge on any atom is 0.264 e. The van der Waals surface area contributed by atoms with Crippen molar-refractivity contribution in [3.05, 3.63) is 112 Å². The number of hydrogen-bond donors (Lipinski definition) is 0. The van der Waals surface area contributed by atoms with E-state index in [1.807, 2.05) is 0 Å². The van der Waals surface area contributed by atoms with Gasteiger partial charge in [0.2, 0.25) is 0 Å². The molecule has 274 valence electrons. The lowest BCUT2D eigenvalue weighted by Gasteiger charge is -2.45. The summed E-state index contributed by atoms with van der Waals surface area (Å²) in [5.41, 5.74) is 18.0. The number of nitrogens with zero attached hydrogens (tertiary/aromatic N) is 2. The lowest BCUT2D eigenvalue weighted by Crippen LogP contribution is -2.61. The minimum atomic E-state index is 0.0294. The first-order valence-electron chi connectivity index (χ1n) is 19.9. The van der Waals surface area contributed by atoms with Crippen LogP contribution in [-0.4, -0.2) is 6.71 Å². The lowest BCUT2D eigenvalue weighted by molar-refractivity contribution is 0.339. The van der Waals surface area contributed by atoms with Crippen LogP contribution in [0.4, 0.5) is 34.1 Å². The van der Waals surface area contributed by atoms with Gasteiger partial charge in [-0.25, -0.2) is 0 Å². The molecule has 4 heteroatoms. The van der Waals surface area contributed by atoms with Crippen molar-refractivity contribution in [2.24, 2.45) is 0 Å². The summed E-state index contributed by atoms with van der Waals surface area (Å²) >= 11 is 2.11. The fourth-order valence-corrected chi connectivity index (χ4v) is 10.9. The molecule has 0 unspecified atom stereocenters. The highest BCUT2D eigenvalue weighted by Gasteiger charge is 2.50. The highest BCUT2D eigenvalue weighted by Crippen LogP contribution is 2.56. The van der Waals surface area contributed by atoms with Gasteiger partial charge < -0.3 is 9.80 Å². The van der Waals surface area contributed by atoms with E-state index < -0.39 is 0 Å². The Morgan fingerprint density at radius 3 is 1.57 bits per heavy atom. The number of rotatable bonds is 2. The van der Waals surface area contributed by atoms with Crippen LogP contribution < -0.4 is 25.5 Å². The second kappa shape index (κ2) is 11.6. The first kappa shape index (κ1) is 36.2. The fourth-order valence-electron chi connectivity index (χ4n) is 9.15. The molecule has 53 heavy (non-hydrogen) atoms. The Bertz CT molecular complexity index is 2250. The van der Waals surface area contributed by atoms with E-state index in [1.54, 1.807) is 10.4 Å². The Morgan fingerprint density at radius 1 is 0.566 bits per heavy atom. The average Bonchev–Trinajstić information content (AvgIpc) is 3.48. The van der Waals surface area contributed by atoms with Crippen LogP contribution in [0.2, 0.25) is 0 Å². The van der Waals surface area contributed by atoms with E-state index in [9.17, 15) is 0 Å². The van der Waals surface area contributed by atoms with Gasteiger partial charge in [-0.3, -0.25) is 0 Å². The standard InChI is InChI=1S/C49H59BN2S/c1-30-27-38-41-39(28-30)52(35-22-17-32(18-23-35)46(5,6)7)42-40-43(49(13,14)26-25-48(40,11)12)53-44(42)50(41)36-29-33(47(8,9)10)19-24-37(36)51(38)34-20-15-31(16-21-34)45(2,3)4/h15-24,27-29H,25-26H2,1-14H3. The molecule has 0 radical (unpaired) electrons. The summed E-state index contributed by atoms with van der Waals surface area (Å²) in [7, 11) is 0. The normalized spacial score (nSPS) is 17.3. The van der Waals surface area contributed by atoms with Crippen LogP contribution in [0.5, 0.6) is 0 Å². The monoisotopic (exact) mass is 718 g/mol. The highest BCUT2D eigenvalue weighted by molar-refractivity contribution is 7.29. The molecule has 0 N–H and O–H groups in total. The maximum absolute atomic E-state index is 2.68. The molecule has 4 aromatic carbocycles. The summed E-state index contributed by atoms with van der Waals surface area (Å²) < 4.78 is 1.51. The van der Waals surface area contributed by atoms with E-state index in [-0.39, 0.29) is 33.8 Å². The molecule has 2 aliphatic heterocycles. The minimum Gasteiger partial charge on any atom is -0.311 e. The van der Waals surface area contributed by atoms with Gasteiger partial charge in [0.05, 0.1) is 5.69 Å². The largest absolute Gasteiger partial charge is 0.311 e. The number of benzene rings is 4. The molecule has 1 aliphatic carbocycles. The quantitative estimate of drug-likeness (QED) is 0.164. The van der Waals surface area contributed by atoms with Crippen LogP contribution in [-0.2, 0) is 27.1 Å². The van der Waals surface area contributed by atoms with Crippen molar-refractivity contribution in [2.45, 2.75) is 137 Å². The van der Waals surface area contributed by atoms with Crippen LogP contribution >= 0.6 is 11.3 Å². The SMILES string of the molecule is Cc1cc2c3c(c1)N(c1ccc(C(C)(C)C)cc1)c1c(sc4c1C(C)(C)CCC4(C)C)B3c1cc(C(C)(C)C)ccc1N2c1ccc(C(C)(C)C)cc1. The molecule has 0 atom stereocenters. The van der Waals surface area contributed by atoms with Gasteiger partial charge >= 0.3 is 0 Å². The number of thiophene rings is 1. The predicted octanol–water partition coefficient (Wildman–Crippen LogP) is 12.4. The van der Waals surface area contributed by atoms with Crippen LogP contribution in [0.1, 0.15) is 136 Å². The number of aryl methyl sites for hydroxylation is 1. The average molecular weight is 719 g/mol. The van der Waals surface area contributed by atoms with Gasteiger partial charge in [-0.15, -0.1) is 0 Å². The van der Waals surface area contributed by atoms with E-state index in [4.69, 9.17) is 0 Å². The summed E-state index contributed by atoms with van der Waals surface area (Å²) in [5.74, 6) is 0. The number of hydrogen-bond acceptors (Lipinski definition) is 3. The molecular formula is C49H59BN2S. The van der Waals surface area contributed by atoms with Crippen LogP contribution in [0.3, 0.4) is 0 Å². The molecule has 0 fully saturated rings. The molecule has 5 aromatic rings. The molecular weight excluding hydrogens is 659 g/mol. The van der Waals surface area contributed by atoms with E-state index in [0.717, 1.165) is 0 Å². The van der Waals surface area contributed by atoms with Crippen LogP contribution in [0.25, 0.3) is 0 Å². The molecule has 2 nitrogen and oxygen atoms in total. The van der Waals surface area contributed by atoms with Gasteiger partial charge in [-0.05, 0) is 128 Å². The Balaban J connectivity index is 1.49. The molecule has 3 aliphatic rings. The summed E-state index contributed by atoms with van der Waals surface area (Å²) in [6.45, 7) is 33.3. The van der Waals surface area contributed by atoms with E-state index in [0.29, 0.717) is 0 Å². The van der Waals surface area contributed by atoms with Gasteiger partial charge in [0.25, 0.3) is 6.71 Å². The zero-order valence-electron chi connectivity index (χ0n) is 34.8. The van der Waals surface area contributed by atoms with Gasteiger partial charge in [-0.2, -0.15) is 11.3 Å². The zero-order valence-corrected chi connectivity index (χ0v) is 35.6. The molecule has 0 bridgehead atoms. The topological polar surface area (TPSA) is 6.48 Å². The van der Waals surface area contributed by atoms with Gasteiger partial charge in [0, 0.05) is 38.1 Å². The van der Waals surface area contributed by atoms with Crippen molar-refractivity contribution >= 4 is 67.9 Å². The molecule has 0 saturated carbocycles. The zero-order chi connectivity index (χ0) is 38.2. The minimum absolute atomic E-state index is 0.0294. The van der Waals surface area contributed by atoms with Gasteiger partial charge in [-0.1, -0.05) is 126 Å². The van der Waals surface area contributed by atoms with Crippen molar-refractivity contribution in [1.82, 2.24) is 0 Å². The summed E-state index contributed by atoms with van der Waals surface area (Å²) in [4.78, 5) is 6.83. The molecule has 0 spiro atoms. The van der Waals surface area contributed by atoms with Crippen molar-refractivity contribution < 1.29 is 0 Å². The number of fused-ring (bicyclic) bond motifs is 6. The Kier molecular flexibility index (Phi) is 7.95. The van der Waals surface area contributed by atoms with Crippen molar-refractivity contribution in [3.8, 4) is 0 Å². The first-order chi connectivity index (χ1) is 24.6. The highest BCUT2D eigenvalue weighted by atomic mass is 32.1. The van der Waals surface area contributed by atoms with Gasteiger partial charge in [0.15, 0.2) is 0 Å². The van der Waals surface area contributed by atoms with Crippen molar-refractivity contribution in [2.75, 3.05) is 9.80 Å². The molecule has 8 rings (SSSR count). The third kappa shape index (κ3) is 5.73. The second-order valence-electron chi connectivity index (χ2n) is 20.7. The predicted molar refractivity (Wildman–Crippen MR) is 234 cm³/mol. The lowest BCUT2D eigenvalue weighted by atomic mass is 9.35. The third-order valence-corrected chi connectivity index (χ3v) is 14.2. The molecule has 3 heterocycles. The smallest absolute Gasteiger partial charge is 0.264 e. The summed E-state index contributed by atoms with van der Waals surface area (Å²) in [5, 5.41) is 0. The number of anilines is 6. The maximum atomic E-state index is 2.68. The van der Waals surface area contributed by atoms with E-state index in [1.165, 1.54) is 84.9 Å². The molecule has 0 saturated heterocycles. The van der Waals surface area contributed by atoms with Crippen LogP contribution in [0, 0.1) is 6.92 Å². The van der Waals surface area contributed by atoms with Crippen molar-refractivity contribution in [1.29, 1.82) is 0 Å². The molecule has 0 amide bonds. The summed E-state index contributed by atoms with van der Waals surface area (Å²) in [6, 6.07) is 31.2. The van der Waals surface area contributed by atoms with Gasteiger partial charge in [0.1, 0.15) is 0 Å². The first-order valence-corrected chi connectivity index (χ1v) is 20.7. The summed E-state index contributed by atoms with van der Waals surface area (Å²) in [6.07, 6.45) is 2.39. The molecule has 1 aromatic heterocycles. The van der Waals surface area contributed by atoms with Crippen molar-refractivity contribution in [3.63, 3.8) is 0 Å². The van der Waals surface area contributed by atoms with Crippen LogP contribution in [0.15, 0.2) is 78.9 Å².